The van der Waals surface area contributed by atoms with Gasteiger partial charge in [-0.05, 0) is 122 Å². The van der Waals surface area contributed by atoms with Crippen LogP contribution in [0.3, 0.4) is 0 Å². The highest BCUT2D eigenvalue weighted by Gasteiger charge is 2.53. The quantitative estimate of drug-likeness (QED) is 0.181. The Labute approximate surface area is 278 Å². The molecule has 1 heterocycles. The van der Waals surface area contributed by atoms with Crippen molar-refractivity contribution < 1.29 is 9.31 Å². The molecule has 1 aliphatic heterocycles. The fourth-order valence-corrected chi connectivity index (χ4v) is 8.72. The zero-order valence-corrected chi connectivity index (χ0v) is 28.7. The summed E-state index contributed by atoms with van der Waals surface area (Å²) in [6.07, 6.45) is 0. The van der Waals surface area contributed by atoms with Gasteiger partial charge in [-0.2, -0.15) is 0 Å². The van der Waals surface area contributed by atoms with E-state index in [0.29, 0.717) is 0 Å². The molecular weight excluding hydrogens is 571 g/mol. The summed E-state index contributed by atoms with van der Waals surface area (Å²) in [4.78, 5) is 0. The van der Waals surface area contributed by atoms with Gasteiger partial charge in [0.25, 0.3) is 0 Å². The number of rotatable bonds is 2. The standard InChI is InChI=1S/C44H41BO2/c1-41(2)34-20-14-13-16-28(34)29-22-21-26(23-35(29)41)33-24-36-39(31-18-11-9-15-27(31)33)40-32-19-12-10-17-30(32)38(25-37(40)42(36,3)4)45-46-43(5,6)44(7,8)47-45/h9-25H,1-8H3. The first kappa shape index (κ1) is 29.0. The minimum absolute atomic E-state index is 0.0488. The maximum absolute atomic E-state index is 6.66. The molecule has 0 spiro atoms. The fraction of sp³-hybridized carbons (Fsp3) is 0.273. The van der Waals surface area contributed by atoms with Crippen LogP contribution in [0, 0.1) is 0 Å². The average molecular weight is 613 g/mol. The molecule has 0 bridgehead atoms. The van der Waals surface area contributed by atoms with Crippen LogP contribution in [0.2, 0.25) is 0 Å². The lowest BCUT2D eigenvalue weighted by Crippen LogP contribution is -2.41. The second-order valence-electron chi connectivity index (χ2n) is 16.0. The van der Waals surface area contributed by atoms with E-state index in [1.165, 1.54) is 77.2 Å². The molecule has 232 valence electrons. The topological polar surface area (TPSA) is 18.5 Å². The third-order valence-corrected chi connectivity index (χ3v) is 12.1. The van der Waals surface area contributed by atoms with Gasteiger partial charge in [-0.3, -0.25) is 0 Å². The van der Waals surface area contributed by atoms with Crippen molar-refractivity contribution in [1.29, 1.82) is 0 Å². The van der Waals surface area contributed by atoms with Gasteiger partial charge in [0.05, 0.1) is 11.2 Å². The normalized spacial score (nSPS) is 19.1. The van der Waals surface area contributed by atoms with Crippen molar-refractivity contribution >= 4 is 34.1 Å². The zero-order chi connectivity index (χ0) is 32.7. The van der Waals surface area contributed by atoms with Crippen molar-refractivity contribution in [2.24, 2.45) is 0 Å². The minimum Gasteiger partial charge on any atom is -0.399 e. The third-order valence-electron chi connectivity index (χ3n) is 12.1. The zero-order valence-electron chi connectivity index (χ0n) is 28.7. The van der Waals surface area contributed by atoms with Crippen LogP contribution in [0.5, 0.6) is 0 Å². The van der Waals surface area contributed by atoms with Crippen molar-refractivity contribution in [3.8, 4) is 33.4 Å². The Morgan fingerprint density at radius 1 is 0.426 bits per heavy atom. The Kier molecular flexibility index (Phi) is 5.71. The Hall–Kier alpha value is -4.18. The highest BCUT2D eigenvalue weighted by Crippen LogP contribution is 2.56. The molecule has 47 heavy (non-hydrogen) atoms. The molecule has 0 aromatic heterocycles. The number of hydrogen-bond donors (Lipinski definition) is 0. The molecule has 0 atom stereocenters. The molecular formula is C44H41BO2. The first-order valence-electron chi connectivity index (χ1n) is 17.0. The van der Waals surface area contributed by atoms with Gasteiger partial charge in [0, 0.05) is 10.8 Å². The van der Waals surface area contributed by atoms with E-state index in [-0.39, 0.29) is 10.8 Å². The molecule has 9 rings (SSSR count). The van der Waals surface area contributed by atoms with E-state index in [0.717, 1.165) is 5.46 Å². The highest BCUT2D eigenvalue weighted by molar-refractivity contribution is 6.65. The van der Waals surface area contributed by atoms with Gasteiger partial charge in [0.2, 0.25) is 0 Å². The van der Waals surface area contributed by atoms with Gasteiger partial charge in [0.15, 0.2) is 0 Å². The molecule has 2 aliphatic carbocycles. The molecule has 3 aliphatic rings. The van der Waals surface area contributed by atoms with E-state index < -0.39 is 18.3 Å². The molecule has 1 saturated heterocycles. The summed E-state index contributed by atoms with van der Waals surface area (Å²) >= 11 is 0. The molecule has 0 N–H and O–H groups in total. The summed E-state index contributed by atoms with van der Waals surface area (Å²) < 4.78 is 13.3. The molecule has 1 fully saturated rings. The monoisotopic (exact) mass is 612 g/mol. The third kappa shape index (κ3) is 3.76. The molecule has 3 heteroatoms. The summed E-state index contributed by atoms with van der Waals surface area (Å²) in [7, 11) is -0.430. The smallest absolute Gasteiger partial charge is 0.399 e. The van der Waals surface area contributed by atoms with E-state index in [9.17, 15) is 0 Å². The Morgan fingerprint density at radius 3 is 1.62 bits per heavy atom. The summed E-state index contributed by atoms with van der Waals surface area (Å²) in [5, 5.41) is 5.06. The molecule has 6 aromatic carbocycles. The largest absolute Gasteiger partial charge is 0.495 e. The number of hydrogen-bond acceptors (Lipinski definition) is 2. The van der Waals surface area contributed by atoms with Gasteiger partial charge in [-0.15, -0.1) is 0 Å². The maximum atomic E-state index is 6.66. The molecule has 0 unspecified atom stereocenters. The summed E-state index contributed by atoms with van der Waals surface area (Å²) in [5.74, 6) is 0. The van der Waals surface area contributed by atoms with Crippen molar-refractivity contribution in [2.45, 2.75) is 77.4 Å². The van der Waals surface area contributed by atoms with Crippen LogP contribution in [0.15, 0.2) is 103 Å². The van der Waals surface area contributed by atoms with Crippen molar-refractivity contribution in [3.05, 3.63) is 125 Å². The van der Waals surface area contributed by atoms with Crippen LogP contribution in [-0.2, 0) is 20.1 Å². The Bertz CT molecular complexity index is 2310. The molecule has 0 amide bonds. The van der Waals surface area contributed by atoms with Crippen LogP contribution < -0.4 is 5.46 Å². The Balaban J connectivity index is 1.29. The SMILES string of the molecule is CC1(C)c2ccccc2-c2ccc(-c3cc4c(c5ccccc35)-c3c(cc(B5OC(C)(C)C(C)(C)O5)c5ccccc35)C4(C)C)cc21. The van der Waals surface area contributed by atoms with Crippen LogP contribution >= 0.6 is 0 Å². The summed E-state index contributed by atoms with van der Waals surface area (Å²) in [5.41, 5.74) is 13.5. The average Bonchev–Trinajstić information content (AvgIpc) is 3.53. The van der Waals surface area contributed by atoms with Gasteiger partial charge in [0.1, 0.15) is 0 Å². The van der Waals surface area contributed by atoms with Gasteiger partial charge in [-0.1, -0.05) is 119 Å². The number of benzene rings is 6. The van der Waals surface area contributed by atoms with Gasteiger partial charge >= 0.3 is 7.12 Å². The second kappa shape index (κ2) is 9.25. The summed E-state index contributed by atoms with van der Waals surface area (Å²) in [6.45, 7) is 18.0. The van der Waals surface area contributed by atoms with E-state index in [2.05, 4.69) is 159 Å². The van der Waals surface area contributed by atoms with Gasteiger partial charge < -0.3 is 9.31 Å². The lowest BCUT2D eigenvalue weighted by molar-refractivity contribution is 0.00578. The fourth-order valence-electron chi connectivity index (χ4n) is 8.72. The van der Waals surface area contributed by atoms with Crippen LogP contribution in [0.25, 0.3) is 54.9 Å². The molecule has 6 aromatic rings. The molecule has 0 saturated carbocycles. The van der Waals surface area contributed by atoms with E-state index in [1.54, 1.807) is 0 Å². The second-order valence-corrected chi connectivity index (χ2v) is 16.0. The van der Waals surface area contributed by atoms with E-state index in [4.69, 9.17) is 9.31 Å². The van der Waals surface area contributed by atoms with Crippen molar-refractivity contribution in [3.63, 3.8) is 0 Å². The molecule has 0 radical (unpaired) electrons. The first-order valence-corrected chi connectivity index (χ1v) is 17.0. The molecule has 2 nitrogen and oxygen atoms in total. The van der Waals surface area contributed by atoms with Crippen LogP contribution in [0.1, 0.15) is 77.6 Å². The highest BCUT2D eigenvalue weighted by atomic mass is 16.7. The van der Waals surface area contributed by atoms with Crippen LogP contribution in [0.4, 0.5) is 0 Å². The van der Waals surface area contributed by atoms with Crippen LogP contribution in [-0.4, -0.2) is 18.3 Å². The predicted octanol–water partition coefficient (Wildman–Crippen LogP) is 10.6. The van der Waals surface area contributed by atoms with E-state index >= 15 is 0 Å². The minimum atomic E-state index is -0.430. The lowest BCUT2D eigenvalue weighted by atomic mass is 9.72. The Morgan fingerprint density at radius 2 is 0.936 bits per heavy atom. The van der Waals surface area contributed by atoms with Gasteiger partial charge in [-0.25, -0.2) is 0 Å². The predicted molar refractivity (Wildman–Crippen MR) is 198 cm³/mol. The van der Waals surface area contributed by atoms with E-state index in [1.807, 2.05) is 0 Å². The van der Waals surface area contributed by atoms with Crippen molar-refractivity contribution in [1.82, 2.24) is 0 Å². The lowest BCUT2D eigenvalue weighted by Gasteiger charge is -2.32. The first-order chi connectivity index (χ1) is 22.3. The maximum Gasteiger partial charge on any atom is 0.495 e. The number of fused-ring (bicyclic) bond motifs is 10. The van der Waals surface area contributed by atoms with Crippen molar-refractivity contribution in [2.75, 3.05) is 0 Å². The summed E-state index contributed by atoms with van der Waals surface area (Å²) in [6, 6.07) is 38.8.